The monoisotopic (exact) mass is 453 g/mol. The van der Waals surface area contributed by atoms with Crippen LogP contribution in [0.4, 0.5) is 33.3 Å². The Bertz CT molecular complexity index is 1090. The summed E-state index contributed by atoms with van der Waals surface area (Å²) in [7, 11) is 0. The molecule has 3 aromatic rings. The maximum absolute atomic E-state index is 13.7. The van der Waals surface area contributed by atoms with E-state index < -0.39 is 36.5 Å². The van der Waals surface area contributed by atoms with Gasteiger partial charge in [-0.05, 0) is 48.0 Å². The number of nitrogens with zero attached hydrogens (tertiary/aromatic N) is 1. The highest BCUT2D eigenvalue weighted by molar-refractivity contribution is 5.89. The van der Waals surface area contributed by atoms with Gasteiger partial charge in [0.05, 0.1) is 5.56 Å². The smallest absolute Gasteiger partial charge is 0.387 e. The zero-order chi connectivity index (χ0) is 23.3. The number of hydrogen-bond donors (Lipinski definition) is 1. The fourth-order valence-corrected chi connectivity index (χ4v) is 3.00. The topological polar surface area (TPSA) is 59.0 Å². The van der Waals surface area contributed by atoms with Crippen molar-refractivity contribution in [3.8, 4) is 11.5 Å². The highest BCUT2D eigenvalue weighted by atomic mass is 19.3. The Morgan fingerprint density at radius 1 is 0.844 bits per heavy atom. The maximum Gasteiger partial charge on any atom is 0.387 e. The van der Waals surface area contributed by atoms with Crippen LogP contribution in [0.3, 0.4) is 0 Å². The number of alkyl halides is 4. The lowest BCUT2D eigenvalue weighted by Gasteiger charge is -2.26. The van der Waals surface area contributed by atoms with Crippen LogP contribution in [0, 0.1) is 5.82 Å². The Kier molecular flexibility index (Phi) is 7.14. The van der Waals surface area contributed by atoms with Crippen molar-refractivity contribution in [1.82, 2.24) is 0 Å². The molecule has 0 saturated heterocycles. The van der Waals surface area contributed by atoms with Crippen molar-refractivity contribution in [2.45, 2.75) is 19.8 Å². The van der Waals surface area contributed by atoms with Crippen LogP contribution in [-0.2, 0) is 6.54 Å². The van der Waals surface area contributed by atoms with E-state index in [4.69, 9.17) is 0 Å². The summed E-state index contributed by atoms with van der Waals surface area (Å²) in [5.74, 6) is -2.95. The molecule has 0 aliphatic rings. The van der Waals surface area contributed by atoms with Gasteiger partial charge in [-0.1, -0.05) is 18.2 Å². The van der Waals surface area contributed by atoms with Crippen molar-refractivity contribution in [2.75, 3.05) is 4.90 Å². The average Bonchev–Trinajstić information content (AvgIpc) is 2.73. The minimum Gasteiger partial charge on any atom is -0.478 e. The van der Waals surface area contributed by atoms with E-state index in [1.807, 2.05) is 0 Å². The van der Waals surface area contributed by atoms with Crippen LogP contribution in [0.1, 0.15) is 15.9 Å². The molecule has 0 amide bonds. The Balaban J connectivity index is 2.09. The highest BCUT2D eigenvalue weighted by Gasteiger charge is 2.19. The van der Waals surface area contributed by atoms with Crippen molar-refractivity contribution in [3.05, 3.63) is 83.7 Å². The highest BCUT2D eigenvalue weighted by Crippen LogP contribution is 2.37. The molecule has 3 rings (SSSR count). The standard InChI is InChI=1S/C22H16F5NO4/c23-15-5-1-3-13(9-15)12-28(16-6-2-4-14(10-16)20(29)30)17-7-8-18(31-21(24)25)19(11-17)32-22(26)27/h1-11,21-22H,12H2,(H,29,30). The van der Waals surface area contributed by atoms with E-state index >= 15 is 0 Å². The molecule has 0 radical (unpaired) electrons. The molecular weight excluding hydrogens is 437 g/mol. The van der Waals surface area contributed by atoms with Crippen molar-refractivity contribution in [3.63, 3.8) is 0 Å². The van der Waals surface area contributed by atoms with Gasteiger partial charge in [-0.2, -0.15) is 17.6 Å². The number of ether oxygens (including phenoxy) is 2. The molecule has 0 saturated carbocycles. The molecule has 32 heavy (non-hydrogen) atoms. The zero-order valence-corrected chi connectivity index (χ0v) is 16.2. The zero-order valence-electron chi connectivity index (χ0n) is 16.2. The van der Waals surface area contributed by atoms with Crippen molar-refractivity contribution in [2.24, 2.45) is 0 Å². The third-order valence-corrected chi connectivity index (χ3v) is 4.31. The number of anilines is 2. The van der Waals surface area contributed by atoms with Gasteiger partial charge < -0.3 is 19.5 Å². The molecule has 1 N–H and O–H groups in total. The first-order chi connectivity index (χ1) is 15.2. The van der Waals surface area contributed by atoms with Gasteiger partial charge >= 0.3 is 19.2 Å². The Morgan fingerprint density at radius 2 is 1.50 bits per heavy atom. The lowest BCUT2D eigenvalue weighted by Crippen LogP contribution is -2.18. The Hall–Kier alpha value is -3.82. The second kappa shape index (κ2) is 9.99. The quantitative estimate of drug-likeness (QED) is 0.399. The molecule has 0 unspecified atom stereocenters. The SMILES string of the molecule is O=C(O)c1cccc(N(Cc2cccc(F)c2)c2ccc(OC(F)F)c(OC(F)F)c2)c1. The largest absolute Gasteiger partial charge is 0.478 e. The molecule has 0 atom stereocenters. The lowest BCUT2D eigenvalue weighted by molar-refractivity contribution is -0.0692. The molecule has 10 heteroatoms. The first-order valence-electron chi connectivity index (χ1n) is 9.12. The van der Waals surface area contributed by atoms with Crippen molar-refractivity contribution in [1.29, 1.82) is 0 Å². The van der Waals surface area contributed by atoms with Crippen LogP contribution in [0.25, 0.3) is 0 Å². The molecule has 0 aliphatic heterocycles. The average molecular weight is 453 g/mol. The minimum atomic E-state index is -3.31. The Labute approximate surface area is 179 Å². The summed E-state index contributed by atoms with van der Waals surface area (Å²) in [5.41, 5.74) is 0.956. The van der Waals surface area contributed by atoms with Gasteiger partial charge in [-0.3, -0.25) is 0 Å². The number of benzene rings is 3. The van der Waals surface area contributed by atoms with Crippen LogP contribution in [0.5, 0.6) is 11.5 Å². The molecule has 0 aliphatic carbocycles. The number of rotatable bonds is 9. The summed E-state index contributed by atoms with van der Waals surface area (Å²) in [6, 6.07) is 14.7. The molecule has 0 aromatic heterocycles. The number of halogens is 5. The van der Waals surface area contributed by atoms with Crippen molar-refractivity contribution >= 4 is 17.3 Å². The number of carboxylic acid groups (broad SMARTS) is 1. The summed E-state index contributed by atoms with van der Waals surface area (Å²) in [6.07, 6.45) is 0. The van der Waals surface area contributed by atoms with E-state index in [1.165, 1.54) is 47.4 Å². The third kappa shape index (κ3) is 5.87. The van der Waals surface area contributed by atoms with E-state index in [1.54, 1.807) is 12.1 Å². The molecule has 0 fully saturated rings. The molecular formula is C22H16F5NO4. The first kappa shape index (κ1) is 22.9. The van der Waals surface area contributed by atoms with E-state index in [2.05, 4.69) is 9.47 Å². The van der Waals surface area contributed by atoms with E-state index in [0.717, 1.165) is 12.1 Å². The minimum absolute atomic E-state index is 0.00397. The van der Waals surface area contributed by atoms with Gasteiger partial charge in [-0.15, -0.1) is 0 Å². The number of aromatic carboxylic acids is 1. The fourth-order valence-electron chi connectivity index (χ4n) is 3.00. The predicted octanol–water partition coefficient (Wildman–Crippen LogP) is 6.07. The van der Waals surface area contributed by atoms with Crippen LogP contribution < -0.4 is 14.4 Å². The second-order valence-corrected chi connectivity index (χ2v) is 6.46. The molecule has 0 heterocycles. The van der Waals surface area contributed by atoms with Crippen LogP contribution >= 0.6 is 0 Å². The van der Waals surface area contributed by atoms with Gasteiger partial charge in [0.25, 0.3) is 0 Å². The lowest BCUT2D eigenvalue weighted by atomic mass is 10.1. The molecule has 0 bridgehead atoms. The van der Waals surface area contributed by atoms with Crippen LogP contribution in [0.2, 0.25) is 0 Å². The van der Waals surface area contributed by atoms with Crippen LogP contribution in [0.15, 0.2) is 66.7 Å². The summed E-state index contributed by atoms with van der Waals surface area (Å²) < 4.78 is 73.2. The van der Waals surface area contributed by atoms with E-state index in [0.29, 0.717) is 11.3 Å². The molecule has 3 aromatic carbocycles. The van der Waals surface area contributed by atoms with Gasteiger partial charge in [0.15, 0.2) is 11.5 Å². The van der Waals surface area contributed by atoms with Gasteiger partial charge in [0.1, 0.15) is 5.82 Å². The fraction of sp³-hybridized carbons (Fsp3) is 0.136. The first-order valence-corrected chi connectivity index (χ1v) is 9.12. The van der Waals surface area contributed by atoms with E-state index in [-0.39, 0.29) is 17.8 Å². The normalized spacial score (nSPS) is 11.0. The molecule has 5 nitrogen and oxygen atoms in total. The third-order valence-electron chi connectivity index (χ3n) is 4.31. The molecule has 0 spiro atoms. The maximum atomic E-state index is 13.7. The Morgan fingerprint density at radius 3 is 2.16 bits per heavy atom. The summed E-state index contributed by atoms with van der Waals surface area (Å²) in [4.78, 5) is 12.9. The second-order valence-electron chi connectivity index (χ2n) is 6.46. The number of hydrogen-bond acceptors (Lipinski definition) is 4. The number of carbonyl (C=O) groups is 1. The molecule has 168 valence electrons. The van der Waals surface area contributed by atoms with Crippen LogP contribution in [-0.4, -0.2) is 24.3 Å². The van der Waals surface area contributed by atoms with Gasteiger partial charge in [0.2, 0.25) is 0 Å². The predicted molar refractivity (Wildman–Crippen MR) is 105 cm³/mol. The summed E-state index contributed by atoms with van der Waals surface area (Å²) in [6.45, 7) is -6.57. The van der Waals surface area contributed by atoms with Gasteiger partial charge in [0, 0.05) is 24.0 Å². The summed E-state index contributed by atoms with van der Waals surface area (Å²) in [5, 5.41) is 9.29. The van der Waals surface area contributed by atoms with Gasteiger partial charge in [-0.25, -0.2) is 9.18 Å². The number of carboxylic acids is 1. The van der Waals surface area contributed by atoms with Crippen molar-refractivity contribution < 1.29 is 41.3 Å². The summed E-state index contributed by atoms with van der Waals surface area (Å²) >= 11 is 0. The van der Waals surface area contributed by atoms with E-state index in [9.17, 15) is 31.9 Å².